The van der Waals surface area contributed by atoms with Crippen LogP contribution in [0.15, 0.2) is 46.8 Å². The maximum absolute atomic E-state index is 13.2. The molecule has 0 saturated carbocycles. The van der Waals surface area contributed by atoms with Gasteiger partial charge < -0.3 is 16.0 Å². The topological polar surface area (TPSA) is 68.8 Å². The summed E-state index contributed by atoms with van der Waals surface area (Å²) in [7, 11) is 3.96. The summed E-state index contributed by atoms with van der Waals surface area (Å²) in [6, 6.07) is 10.9. The van der Waals surface area contributed by atoms with Gasteiger partial charge in [-0.3, -0.25) is 14.7 Å². The van der Waals surface area contributed by atoms with Crippen LogP contribution in [0.1, 0.15) is 29.3 Å². The van der Waals surface area contributed by atoms with Crippen LogP contribution in [0.25, 0.3) is 0 Å². The van der Waals surface area contributed by atoms with E-state index in [1.54, 1.807) is 19.2 Å². The molecule has 0 bridgehead atoms. The number of piperidine rings is 1. The molecule has 2 unspecified atom stereocenters. The molecule has 2 heterocycles. The molecule has 1 fully saturated rings. The highest BCUT2D eigenvalue weighted by atomic mass is 127. The molecule has 0 spiro atoms. The van der Waals surface area contributed by atoms with E-state index in [2.05, 4.69) is 50.4 Å². The molecule has 0 radical (unpaired) electrons. The Bertz CT molecular complexity index is 864. The van der Waals surface area contributed by atoms with E-state index in [9.17, 15) is 9.18 Å². The van der Waals surface area contributed by atoms with Gasteiger partial charge >= 0.3 is 0 Å². The third kappa shape index (κ3) is 8.00. The fourth-order valence-corrected chi connectivity index (χ4v) is 5.09. The fourth-order valence-electron chi connectivity index (χ4n) is 4.11. The molecule has 2 aromatic rings. The van der Waals surface area contributed by atoms with Crippen LogP contribution in [0.4, 0.5) is 4.39 Å². The van der Waals surface area contributed by atoms with Gasteiger partial charge in [0, 0.05) is 37.6 Å². The van der Waals surface area contributed by atoms with Crippen LogP contribution in [0.2, 0.25) is 0 Å². The molecule has 3 rings (SSSR count). The Morgan fingerprint density at radius 1 is 1.22 bits per heavy atom. The normalized spacial score (nSPS) is 19.2. The van der Waals surface area contributed by atoms with Crippen LogP contribution < -0.4 is 16.0 Å². The van der Waals surface area contributed by atoms with Gasteiger partial charge in [-0.05, 0) is 61.5 Å². The van der Waals surface area contributed by atoms with E-state index >= 15 is 0 Å². The lowest BCUT2D eigenvalue weighted by Gasteiger charge is -2.39. The lowest BCUT2D eigenvalue weighted by Crippen LogP contribution is -2.46. The van der Waals surface area contributed by atoms with Crippen molar-refractivity contribution in [2.24, 2.45) is 10.9 Å². The second-order valence-electron chi connectivity index (χ2n) is 7.88. The first-order chi connectivity index (χ1) is 15.1. The van der Waals surface area contributed by atoms with Crippen molar-refractivity contribution in [3.63, 3.8) is 0 Å². The van der Waals surface area contributed by atoms with Crippen molar-refractivity contribution in [3.05, 3.63) is 58.0 Å². The molecule has 1 amide bonds. The third-order valence-corrected chi connectivity index (χ3v) is 6.53. The smallest absolute Gasteiger partial charge is 0.224 e. The molecule has 1 aromatic carbocycles. The Morgan fingerprint density at radius 3 is 2.75 bits per heavy atom. The molecule has 1 aliphatic heterocycles. The molecule has 2 atom stereocenters. The minimum absolute atomic E-state index is 0. The summed E-state index contributed by atoms with van der Waals surface area (Å²) < 4.78 is 13.2. The van der Waals surface area contributed by atoms with Crippen molar-refractivity contribution in [2.75, 3.05) is 40.3 Å². The largest absolute Gasteiger partial charge is 0.356 e. The number of thiophene rings is 1. The summed E-state index contributed by atoms with van der Waals surface area (Å²) in [6.45, 7) is 3.01. The van der Waals surface area contributed by atoms with Gasteiger partial charge in [0.2, 0.25) is 5.91 Å². The van der Waals surface area contributed by atoms with E-state index in [-0.39, 0.29) is 42.1 Å². The highest BCUT2D eigenvalue weighted by Gasteiger charge is 2.31. The molecule has 176 valence electrons. The van der Waals surface area contributed by atoms with Crippen molar-refractivity contribution in [3.8, 4) is 0 Å². The molecule has 1 aliphatic rings. The van der Waals surface area contributed by atoms with Gasteiger partial charge in [-0.1, -0.05) is 18.2 Å². The average molecular weight is 574 g/mol. The summed E-state index contributed by atoms with van der Waals surface area (Å²) in [5, 5.41) is 11.7. The lowest BCUT2D eigenvalue weighted by atomic mass is 9.88. The van der Waals surface area contributed by atoms with Crippen LogP contribution in [-0.2, 0) is 11.2 Å². The van der Waals surface area contributed by atoms with Crippen LogP contribution in [-0.4, -0.2) is 57.0 Å². The first kappa shape index (κ1) is 26.5. The van der Waals surface area contributed by atoms with Crippen LogP contribution in [0.3, 0.4) is 0 Å². The Hall–Kier alpha value is -1.72. The van der Waals surface area contributed by atoms with Crippen LogP contribution in [0.5, 0.6) is 0 Å². The molecular formula is C23H33FIN5OS. The van der Waals surface area contributed by atoms with Crippen molar-refractivity contribution >= 4 is 47.2 Å². The quantitative estimate of drug-likeness (QED) is 0.196. The Kier molecular flexibility index (Phi) is 11.4. The van der Waals surface area contributed by atoms with E-state index in [1.165, 1.54) is 29.9 Å². The number of hydrogen-bond acceptors (Lipinski definition) is 4. The first-order valence-corrected chi connectivity index (χ1v) is 11.6. The number of benzene rings is 1. The standard InChI is InChI=1S/C23H32FN5OS.HI/c1-25-23(27-11-10-26-21(30)15-17-6-3-8-19(24)14-17)28-16-18-7-4-12-29(2)22(18)20-9-5-13-31-20;/h3,5-6,8-9,13-14,18,22H,4,7,10-12,15-16H2,1-2H3,(H,26,30)(H2,25,27,28);1H. The van der Waals surface area contributed by atoms with Crippen molar-refractivity contribution in [1.82, 2.24) is 20.9 Å². The number of carbonyl (C=O) groups excluding carboxylic acids is 1. The highest BCUT2D eigenvalue weighted by molar-refractivity contribution is 14.0. The number of rotatable bonds is 8. The van der Waals surface area contributed by atoms with Gasteiger partial charge in [0.1, 0.15) is 5.82 Å². The van der Waals surface area contributed by atoms with Gasteiger partial charge in [-0.15, -0.1) is 35.3 Å². The molecule has 1 saturated heterocycles. The van der Waals surface area contributed by atoms with Crippen molar-refractivity contribution < 1.29 is 9.18 Å². The molecule has 1 aromatic heterocycles. The molecular weight excluding hydrogens is 540 g/mol. The van der Waals surface area contributed by atoms with Gasteiger partial charge in [0.25, 0.3) is 0 Å². The van der Waals surface area contributed by atoms with E-state index in [0.29, 0.717) is 30.6 Å². The van der Waals surface area contributed by atoms with Crippen LogP contribution in [0, 0.1) is 11.7 Å². The molecule has 3 N–H and O–H groups in total. The molecule has 9 heteroatoms. The predicted molar refractivity (Wildman–Crippen MR) is 140 cm³/mol. The number of likely N-dealkylation sites (tertiary alicyclic amines) is 1. The maximum Gasteiger partial charge on any atom is 0.224 e. The lowest BCUT2D eigenvalue weighted by molar-refractivity contribution is -0.120. The van der Waals surface area contributed by atoms with Gasteiger partial charge in [0.05, 0.1) is 6.42 Å². The Labute approximate surface area is 211 Å². The first-order valence-electron chi connectivity index (χ1n) is 10.8. The second kappa shape index (κ2) is 13.7. The number of aliphatic imine (C=N–C) groups is 1. The van der Waals surface area contributed by atoms with Crippen LogP contribution >= 0.6 is 35.3 Å². The van der Waals surface area contributed by atoms with Gasteiger partial charge in [-0.2, -0.15) is 0 Å². The maximum atomic E-state index is 13.2. The number of nitrogens with zero attached hydrogens (tertiary/aromatic N) is 2. The monoisotopic (exact) mass is 573 g/mol. The fraction of sp³-hybridized carbons (Fsp3) is 0.478. The van der Waals surface area contributed by atoms with Crippen molar-refractivity contribution in [1.29, 1.82) is 0 Å². The zero-order valence-electron chi connectivity index (χ0n) is 18.6. The second-order valence-corrected chi connectivity index (χ2v) is 8.86. The number of amides is 1. The summed E-state index contributed by atoms with van der Waals surface area (Å²) in [5.74, 6) is 0.797. The zero-order chi connectivity index (χ0) is 22.1. The summed E-state index contributed by atoms with van der Waals surface area (Å²) >= 11 is 1.82. The molecule has 32 heavy (non-hydrogen) atoms. The number of hydrogen-bond donors (Lipinski definition) is 3. The predicted octanol–water partition coefficient (Wildman–Crippen LogP) is 3.41. The van der Waals surface area contributed by atoms with Crippen molar-refractivity contribution in [2.45, 2.75) is 25.3 Å². The Morgan fingerprint density at radius 2 is 2.03 bits per heavy atom. The molecule has 0 aliphatic carbocycles. The summed E-state index contributed by atoms with van der Waals surface area (Å²) in [5.41, 5.74) is 0.667. The highest BCUT2D eigenvalue weighted by Crippen LogP contribution is 2.36. The van der Waals surface area contributed by atoms with E-state index < -0.39 is 0 Å². The molecule has 6 nitrogen and oxygen atoms in total. The number of nitrogens with one attached hydrogen (secondary N) is 3. The van der Waals surface area contributed by atoms with Gasteiger partial charge in [0.15, 0.2) is 5.96 Å². The minimum atomic E-state index is -0.327. The van der Waals surface area contributed by atoms with Gasteiger partial charge in [-0.25, -0.2) is 4.39 Å². The number of guanidine groups is 1. The average Bonchev–Trinajstić information content (AvgIpc) is 3.27. The van der Waals surface area contributed by atoms with E-state index in [4.69, 9.17) is 0 Å². The van der Waals surface area contributed by atoms with E-state index in [1.807, 2.05) is 11.3 Å². The summed E-state index contributed by atoms with van der Waals surface area (Å²) in [6.07, 6.45) is 2.56. The summed E-state index contributed by atoms with van der Waals surface area (Å²) in [4.78, 5) is 20.2. The van der Waals surface area contributed by atoms with E-state index in [0.717, 1.165) is 19.0 Å². The number of halogens is 2. The third-order valence-electron chi connectivity index (χ3n) is 5.59. The SMILES string of the molecule is CN=C(NCCNC(=O)Cc1cccc(F)c1)NCC1CCCN(C)C1c1cccs1.I. The number of carbonyl (C=O) groups is 1. The zero-order valence-corrected chi connectivity index (χ0v) is 21.8. The minimum Gasteiger partial charge on any atom is -0.356 e. The Balaban J connectivity index is 0.00000363.